The third-order valence-electron chi connectivity index (χ3n) is 1.96. The van der Waals surface area contributed by atoms with Gasteiger partial charge >= 0.3 is 0 Å². The van der Waals surface area contributed by atoms with E-state index >= 15 is 0 Å². The van der Waals surface area contributed by atoms with Crippen LogP contribution in [0.15, 0.2) is 16.9 Å². The lowest BCUT2D eigenvalue weighted by atomic mass is 10.4. The second kappa shape index (κ2) is 9.44. The van der Waals surface area contributed by atoms with Crippen molar-refractivity contribution in [1.29, 1.82) is 0 Å². The molecular weight excluding hydrogens is 307 g/mol. The SMILES string of the molecule is CCCNCCNC(=O)Cn1cc(Br)cn1.Cl. The van der Waals surface area contributed by atoms with Gasteiger partial charge in [-0.25, -0.2) is 0 Å². The summed E-state index contributed by atoms with van der Waals surface area (Å²) in [5, 5.41) is 10.0. The molecule has 7 heteroatoms. The van der Waals surface area contributed by atoms with Crippen molar-refractivity contribution in [3.05, 3.63) is 16.9 Å². The maximum atomic E-state index is 11.4. The molecule has 0 saturated carbocycles. The minimum Gasteiger partial charge on any atom is -0.353 e. The lowest BCUT2D eigenvalue weighted by Crippen LogP contribution is -2.34. The Bertz CT molecular complexity index is 332. The lowest BCUT2D eigenvalue weighted by molar-refractivity contribution is -0.121. The summed E-state index contributed by atoms with van der Waals surface area (Å²) in [7, 11) is 0. The highest BCUT2D eigenvalue weighted by atomic mass is 79.9. The molecule has 0 radical (unpaired) electrons. The van der Waals surface area contributed by atoms with E-state index in [1.165, 1.54) is 0 Å². The Balaban J connectivity index is 0.00000256. The molecule has 1 aromatic rings. The van der Waals surface area contributed by atoms with Gasteiger partial charge in [0.25, 0.3) is 0 Å². The van der Waals surface area contributed by atoms with Crippen molar-refractivity contribution in [2.45, 2.75) is 19.9 Å². The predicted octanol–water partition coefficient (Wildman–Crippen LogP) is 1.18. The zero-order valence-corrected chi connectivity index (χ0v) is 12.2. The van der Waals surface area contributed by atoms with Crippen LogP contribution in [0.2, 0.25) is 0 Å². The van der Waals surface area contributed by atoms with Crippen molar-refractivity contribution < 1.29 is 4.79 Å². The normalized spacial score (nSPS) is 9.76. The number of carbonyl (C=O) groups excluding carboxylic acids is 1. The second-order valence-electron chi connectivity index (χ2n) is 3.46. The van der Waals surface area contributed by atoms with E-state index in [1.807, 2.05) is 0 Å². The van der Waals surface area contributed by atoms with Crippen LogP contribution in [0.4, 0.5) is 0 Å². The number of nitrogens with one attached hydrogen (secondary N) is 2. The topological polar surface area (TPSA) is 58.9 Å². The summed E-state index contributed by atoms with van der Waals surface area (Å²) in [5.74, 6) is -0.0195. The maximum Gasteiger partial charge on any atom is 0.241 e. The van der Waals surface area contributed by atoms with E-state index in [2.05, 4.69) is 38.6 Å². The van der Waals surface area contributed by atoms with Crippen LogP contribution in [0, 0.1) is 0 Å². The summed E-state index contributed by atoms with van der Waals surface area (Å²) in [6.45, 7) is 4.83. The third-order valence-corrected chi connectivity index (χ3v) is 2.37. The van der Waals surface area contributed by atoms with Crippen LogP contribution in [-0.2, 0) is 11.3 Å². The molecule has 2 N–H and O–H groups in total. The van der Waals surface area contributed by atoms with Crippen LogP contribution in [-0.4, -0.2) is 35.3 Å². The molecule has 0 spiro atoms. The number of amides is 1. The molecule has 17 heavy (non-hydrogen) atoms. The van der Waals surface area contributed by atoms with Gasteiger partial charge in [-0.1, -0.05) is 6.92 Å². The number of nitrogens with zero attached hydrogens (tertiary/aromatic N) is 2. The molecule has 0 aromatic carbocycles. The quantitative estimate of drug-likeness (QED) is 0.740. The fourth-order valence-electron chi connectivity index (χ4n) is 1.22. The van der Waals surface area contributed by atoms with Crippen LogP contribution in [0.1, 0.15) is 13.3 Å². The fraction of sp³-hybridized carbons (Fsp3) is 0.600. The first-order valence-electron chi connectivity index (χ1n) is 5.37. The van der Waals surface area contributed by atoms with Gasteiger partial charge in [-0.15, -0.1) is 12.4 Å². The first-order valence-corrected chi connectivity index (χ1v) is 6.17. The van der Waals surface area contributed by atoms with Crippen LogP contribution in [0.5, 0.6) is 0 Å². The Morgan fingerprint density at radius 3 is 2.82 bits per heavy atom. The van der Waals surface area contributed by atoms with Crippen LogP contribution in [0.25, 0.3) is 0 Å². The molecule has 0 aliphatic carbocycles. The van der Waals surface area contributed by atoms with E-state index in [4.69, 9.17) is 0 Å². The van der Waals surface area contributed by atoms with Crippen LogP contribution >= 0.6 is 28.3 Å². The number of halogens is 2. The zero-order valence-electron chi connectivity index (χ0n) is 9.78. The number of rotatable bonds is 7. The highest BCUT2D eigenvalue weighted by molar-refractivity contribution is 9.10. The number of hydrogen-bond acceptors (Lipinski definition) is 3. The molecular formula is C10H18BrClN4O. The molecule has 1 heterocycles. The van der Waals surface area contributed by atoms with Crippen LogP contribution in [0.3, 0.4) is 0 Å². The van der Waals surface area contributed by atoms with Crippen molar-refractivity contribution in [3.63, 3.8) is 0 Å². The van der Waals surface area contributed by atoms with Crippen molar-refractivity contribution in [3.8, 4) is 0 Å². The van der Waals surface area contributed by atoms with Gasteiger partial charge in [0.15, 0.2) is 0 Å². The molecule has 0 bridgehead atoms. The number of hydrogen-bond donors (Lipinski definition) is 2. The third kappa shape index (κ3) is 7.36. The van der Waals surface area contributed by atoms with Crippen molar-refractivity contribution >= 4 is 34.2 Å². The molecule has 0 saturated heterocycles. The molecule has 1 rings (SSSR count). The molecule has 0 unspecified atom stereocenters. The standard InChI is InChI=1S/C10H17BrN4O.ClH/c1-2-3-12-4-5-13-10(16)8-15-7-9(11)6-14-15;/h6-7,12H,2-5,8H2,1H3,(H,13,16);1H. The Hall–Kier alpha value is -0.590. The highest BCUT2D eigenvalue weighted by Crippen LogP contribution is 2.05. The first kappa shape index (κ1) is 16.4. The summed E-state index contributed by atoms with van der Waals surface area (Å²) in [4.78, 5) is 11.4. The molecule has 1 aromatic heterocycles. The molecule has 0 aliphatic rings. The molecule has 5 nitrogen and oxygen atoms in total. The molecule has 98 valence electrons. The Kier molecular flexibility index (Phi) is 9.11. The number of aromatic nitrogens is 2. The van der Waals surface area contributed by atoms with Gasteiger partial charge in [-0.05, 0) is 28.9 Å². The average Bonchev–Trinajstić information content (AvgIpc) is 2.63. The van der Waals surface area contributed by atoms with E-state index < -0.39 is 0 Å². The van der Waals surface area contributed by atoms with Gasteiger partial charge in [0.05, 0.1) is 10.7 Å². The van der Waals surface area contributed by atoms with E-state index in [0.29, 0.717) is 6.54 Å². The second-order valence-corrected chi connectivity index (χ2v) is 4.37. The summed E-state index contributed by atoms with van der Waals surface area (Å²) in [5.41, 5.74) is 0. The first-order chi connectivity index (χ1) is 7.72. The predicted molar refractivity (Wildman–Crippen MR) is 73.3 cm³/mol. The molecule has 0 atom stereocenters. The van der Waals surface area contributed by atoms with Gasteiger partial charge in [0.2, 0.25) is 5.91 Å². The number of carbonyl (C=O) groups is 1. The monoisotopic (exact) mass is 324 g/mol. The lowest BCUT2D eigenvalue weighted by Gasteiger charge is -2.05. The maximum absolute atomic E-state index is 11.4. The molecule has 0 fully saturated rings. The average molecular weight is 326 g/mol. The smallest absolute Gasteiger partial charge is 0.241 e. The van der Waals surface area contributed by atoms with Crippen molar-refractivity contribution in [2.75, 3.05) is 19.6 Å². The summed E-state index contributed by atoms with van der Waals surface area (Å²) >= 11 is 3.28. The Morgan fingerprint density at radius 2 is 2.24 bits per heavy atom. The minimum absolute atomic E-state index is 0. The van der Waals surface area contributed by atoms with Gasteiger partial charge in [0.1, 0.15) is 6.54 Å². The fourth-order valence-corrected chi connectivity index (χ4v) is 1.55. The zero-order chi connectivity index (χ0) is 11.8. The summed E-state index contributed by atoms with van der Waals surface area (Å²) in [6.07, 6.45) is 4.54. The van der Waals surface area contributed by atoms with Gasteiger partial charge in [0, 0.05) is 19.3 Å². The molecule has 1 amide bonds. The van der Waals surface area contributed by atoms with Gasteiger partial charge in [-0.3, -0.25) is 9.48 Å². The van der Waals surface area contributed by atoms with E-state index in [0.717, 1.165) is 24.0 Å². The van der Waals surface area contributed by atoms with Gasteiger partial charge < -0.3 is 10.6 Å². The van der Waals surface area contributed by atoms with E-state index in [1.54, 1.807) is 17.1 Å². The molecule has 0 aliphatic heterocycles. The van der Waals surface area contributed by atoms with Crippen molar-refractivity contribution in [2.24, 2.45) is 0 Å². The van der Waals surface area contributed by atoms with Crippen LogP contribution < -0.4 is 10.6 Å². The summed E-state index contributed by atoms with van der Waals surface area (Å²) in [6, 6.07) is 0. The highest BCUT2D eigenvalue weighted by Gasteiger charge is 2.02. The van der Waals surface area contributed by atoms with E-state index in [9.17, 15) is 4.79 Å². The minimum atomic E-state index is -0.0195. The summed E-state index contributed by atoms with van der Waals surface area (Å²) < 4.78 is 2.48. The Labute approximate surface area is 116 Å². The largest absolute Gasteiger partial charge is 0.353 e. The van der Waals surface area contributed by atoms with Gasteiger partial charge in [-0.2, -0.15) is 5.10 Å². The Morgan fingerprint density at radius 1 is 1.47 bits per heavy atom. The van der Waals surface area contributed by atoms with Crippen molar-refractivity contribution in [1.82, 2.24) is 20.4 Å². The van der Waals surface area contributed by atoms with E-state index in [-0.39, 0.29) is 24.9 Å².